The van der Waals surface area contributed by atoms with Gasteiger partial charge in [-0.2, -0.15) is 0 Å². The molecule has 3 N–H and O–H groups in total. The molecule has 0 spiro atoms. The van der Waals surface area contributed by atoms with E-state index in [0.29, 0.717) is 13.1 Å². The fraction of sp³-hybridized carbons (Fsp3) is 0.889. The Balaban J connectivity index is 2.18. The van der Waals surface area contributed by atoms with Gasteiger partial charge in [0.25, 0.3) is 0 Å². The Morgan fingerprint density at radius 2 is 1.67 bits per heavy atom. The third kappa shape index (κ3) is 9.75. The van der Waals surface area contributed by atoms with Gasteiger partial charge in [0.2, 0.25) is 5.91 Å². The van der Waals surface area contributed by atoms with Gasteiger partial charge in [-0.25, -0.2) is 0 Å². The summed E-state index contributed by atoms with van der Waals surface area (Å²) < 4.78 is 0. The topological polar surface area (TPSA) is 68.8 Å². The Kier molecular flexibility index (Phi) is 11.3. The van der Waals surface area contributed by atoms with E-state index in [1.807, 2.05) is 0 Å². The lowest BCUT2D eigenvalue weighted by Crippen LogP contribution is -2.41. The third-order valence-corrected chi connectivity index (χ3v) is 3.99. The van der Waals surface area contributed by atoms with Crippen molar-refractivity contribution in [1.29, 1.82) is 0 Å². The molecule has 0 aromatic rings. The van der Waals surface area contributed by atoms with Crippen LogP contribution in [-0.4, -0.2) is 62.6 Å². The van der Waals surface area contributed by atoms with Crippen LogP contribution in [0.3, 0.4) is 0 Å². The molecule has 0 radical (unpaired) electrons. The number of aliphatic imine (C=N–C) groups is 1. The number of nitrogens with zero attached hydrogens (tertiary/aromatic N) is 2. The molecule has 0 aliphatic heterocycles. The minimum atomic E-state index is 0.200. The molecule has 1 amide bonds. The van der Waals surface area contributed by atoms with Crippen molar-refractivity contribution in [3.8, 4) is 0 Å². The van der Waals surface area contributed by atoms with Crippen molar-refractivity contribution in [2.45, 2.75) is 52.9 Å². The maximum absolute atomic E-state index is 11.6. The molecule has 1 aliphatic carbocycles. The minimum absolute atomic E-state index is 0.200. The number of nitrogens with one attached hydrogen (secondary N) is 3. The highest BCUT2D eigenvalue weighted by Crippen LogP contribution is 2.28. The Bertz CT molecular complexity index is 362. The van der Waals surface area contributed by atoms with Gasteiger partial charge in [-0.1, -0.05) is 13.8 Å². The van der Waals surface area contributed by atoms with E-state index in [4.69, 9.17) is 0 Å². The number of rotatable bonds is 13. The molecule has 0 heterocycles. The fourth-order valence-corrected chi connectivity index (χ4v) is 2.65. The zero-order chi connectivity index (χ0) is 17.6. The summed E-state index contributed by atoms with van der Waals surface area (Å²) >= 11 is 0. The highest BCUT2D eigenvalue weighted by Gasteiger charge is 2.28. The lowest BCUT2D eigenvalue weighted by Gasteiger charge is -2.20. The smallest absolute Gasteiger partial charge is 0.223 e. The number of amides is 1. The summed E-state index contributed by atoms with van der Waals surface area (Å²) in [5.41, 5.74) is 0. The van der Waals surface area contributed by atoms with Crippen LogP contribution in [0.25, 0.3) is 0 Å². The van der Waals surface area contributed by atoms with Gasteiger partial charge in [0.05, 0.1) is 0 Å². The Hall–Kier alpha value is -1.30. The summed E-state index contributed by atoms with van der Waals surface area (Å²) in [4.78, 5) is 18.7. The summed E-state index contributed by atoms with van der Waals surface area (Å²) in [5, 5.41) is 9.50. The van der Waals surface area contributed by atoms with Crippen LogP contribution in [0.5, 0.6) is 0 Å². The van der Waals surface area contributed by atoms with E-state index < -0.39 is 0 Å². The number of guanidine groups is 1. The van der Waals surface area contributed by atoms with Crippen molar-refractivity contribution in [2.75, 3.05) is 45.8 Å². The van der Waals surface area contributed by atoms with Crippen molar-refractivity contribution in [2.24, 2.45) is 10.9 Å². The highest BCUT2D eigenvalue weighted by molar-refractivity contribution is 5.81. The van der Waals surface area contributed by atoms with Gasteiger partial charge in [0.15, 0.2) is 5.96 Å². The maximum atomic E-state index is 11.6. The van der Waals surface area contributed by atoms with E-state index in [1.54, 1.807) is 0 Å². The molecule has 0 aromatic carbocycles. The van der Waals surface area contributed by atoms with Crippen LogP contribution in [0.15, 0.2) is 4.99 Å². The minimum Gasteiger partial charge on any atom is -0.357 e. The van der Waals surface area contributed by atoms with Gasteiger partial charge < -0.3 is 20.9 Å². The molecule has 0 aromatic heterocycles. The predicted molar refractivity (Wildman–Crippen MR) is 101 cm³/mol. The first kappa shape index (κ1) is 20.7. The van der Waals surface area contributed by atoms with E-state index >= 15 is 0 Å². The predicted octanol–water partition coefficient (Wildman–Crippen LogP) is 1.58. The second kappa shape index (κ2) is 13.0. The molecule has 1 fully saturated rings. The van der Waals surface area contributed by atoms with Crippen molar-refractivity contribution in [1.82, 2.24) is 20.9 Å². The number of carbonyl (C=O) groups is 1. The maximum Gasteiger partial charge on any atom is 0.223 e. The number of hydrogen-bond acceptors (Lipinski definition) is 3. The molecular weight excluding hydrogens is 302 g/mol. The van der Waals surface area contributed by atoms with Crippen LogP contribution in [0.1, 0.15) is 52.9 Å². The lowest BCUT2D eigenvalue weighted by atomic mass is 10.3. The zero-order valence-corrected chi connectivity index (χ0v) is 15.9. The zero-order valence-electron chi connectivity index (χ0n) is 15.9. The molecule has 0 atom stereocenters. The van der Waals surface area contributed by atoms with E-state index in [9.17, 15) is 4.79 Å². The van der Waals surface area contributed by atoms with Gasteiger partial charge in [-0.15, -0.1) is 0 Å². The van der Waals surface area contributed by atoms with Crippen LogP contribution >= 0.6 is 0 Å². The largest absolute Gasteiger partial charge is 0.357 e. The molecule has 1 rings (SSSR count). The Morgan fingerprint density at radius 3 is 2.25 bits per heavy atom. The molecule has 1 aliphatic rings. The van der Waals surface area contributed by atoms with Gasteiger partial charge >= 0.3 is 0 Å². The quantitative estimate of drug-likeness (QED) is 0.271. The third-order valence-electron chi connectivity index (χ3n) is 3.99. The molecule has 0 saturated heterocycles. The van der Waals surface area contributed by atoms with Crippen molar-refractivity contribution in [3.63, 3.8) is 0 Å². The van der Waals surface area contributed by atoms with E-state index in [-0.39, 0.29) is 11.8 Å². The van der Waals surface area contributed by atoms with Gasteiger partial charge in [-0.05, 0) is 58.7 Å². The highest BCUT2D eigenvalue weighted by atomic mass is 16.2. The van der Waals surface area contributed by atoms with E-state index in [2.05, 4.69) is 46.6 Å². The standard InChI is InChI=1S/C18H37N5O/c1-4-13-23(14-5-2)15-7-10-21-18(19-6-3)22-12-11-20-17(24)16-8-9-16/h16H,4-15H2,1-3H3,(H,20,24)(H2,19,21,22). The fourth-order valence-electron chi connectivity index (χ4n) is 2.65. The van der Waals surface area contributed by atoms with E-state index in [1.165, 1.54) is 25.9 Å². The summed E-state index contributed by atoms with van der Waals surface area (Å²) in [6.07, 6.45) is 5.60. The summed E-state index contributed by atoms with van der Waals surface area (Å²) in [5.74, 6) is 1.32. The first-order chi connectivity index (χ1) is 11.7. The average molecular weight is 340 g/mol. The molecular formula is C18H37N5O. The van der Waals surface area contributed by atoms with Gasteiger partial charge in [0, 0.05) is 32.1 Å². The van der Waals surface area contributed by atoms with Crippen molar-refractivity contribution < 1.29 is 4.79 Å². The SMILES string of the molecule is CCCN(CCC)CCCN=C(NCC)NCCNC(=O)C1CC1. The van der Waals surface area contributed by atoms with Gasteiger partial charge in [0.1, 0.15) is 0 Å². The molecule has 0 unspecified atom stereocenters. The molecule has 6 nitrogen and oxygen atoms in total. The molecule has 140 valence electrons. The summed E-state index contributed by atoms with van der Waals surface area (Å²) in [7, 11) is 0. The Morgan fingerprint density at radius 1 is 1.00 bits per heavy atom. The van der Waals surface area contributed by atoms with Crippen molar-refractivity contribution in [3.05, 3.63) is 0 Å². The second-order valence-electron chi connectivity index (χ2n) is 6.45. The van der Waals surface area contributed by atoms with Crippen LogP contribution < -0.4 is 16.0 Å². The van der Waals surface area contributed by atoms with E-state index in [0.717, 1.165) is 44.9 Å². The van der Waals surface area contributed by atoms with Crippen LogP contribution in [0.2, 0.25) is 0 Å². The lowest BCUT2D eigenvalue weighted by molar-refractivity contribution is -0.122. The first-order valence-corrected chi connectivity index (χ1v) is 9.73. The van der Waals surface area contributed by atoms with Gasteiger partial charge in [-0.3, -0.25) is 9.79 Å². The van der Waals surface area contributed by atoms with Crippen LogP contribution in [0, 0.1) is 5.92 Å². The average Bonchev–Trinajstić information content (AvgIpc) is 3.40. The summed E-state index contributed by atoms with van der Waals surface area (Å²) in [6.45, 7) is 13.0. The van der Waals surface area contributed by atoms with Crippen LogP contribution in [0.4, 0.5) is 0 Å². The molecule has 1 saturated carbocycles. The number of hydrogen-bond donors (Lipinski definition) is 3. The van der Waals surface area contributed by atoms with Crippen LogP contribution in [-0.2, 0) is 4.79 Å². The van der Waals surface area contributed by atoms with Crippen molar-refractivity contribution >= 4 is 11.9 Å². The monoisotopic (exact) mass is 339 g/mol. The molecule has 0 bridgehead atoms. The summed E-state index contributed by atoms with van der Waals surface area (Å²) in [6, 6.07) is 0. The second-order valence-corrected chi connectivity index (χ2v) is 6.45. The normalized spacial score (nSPS) is 14.8. The Labute approximate surface area is 147 Å². The number of carbonyl (C=O) groups excluding carboxylic acids is 1. The molecule has 24 heavy (non-hydrogen) atoms. The first-order valence-electron chi connectivity index (χ1n) is 9.73. The molecule has 6 heteroatoms.